The fourth-order valence-electron chi connectivity index (χ4n) is 2.37. The molecule has 0 spiro atoms. The Bertz CT molecular complexity index is 885. The number of benzene rings is 1. The fraction of sp³-hybridized carbons (Fsp3) is 0.263. The summed E-state index contributed by atoms with van der Waals surface area (Å²) in [5.41, 5.74) is 2.71. The Morgan fingerprint density at radius 3 is 2.73 bits per heavy atom. The molecule has 2 aromatic heterocycles. The first-order chi connectivity index (χ1) is 12.4. The van der Waals surface area contributed by atoms with E-state index in [1.807, 2.05) is 57.2 Å². The largest absolute Gasteiger partial charge is 0.445 e. The van der Waals surface area contributed by atoms with Gasteiger partial charge in [-0.3, -0.25) is 4.98 Å². The molecule has 2 heterocycles. The molecule has 1 amide bonds. The number of nitrogens with one attached hydrogen (secondary N) is 1. The lowest BCUT2D eigenvalue weighted by molar-refractivity contribution is 0.131. The van der Waals surface area contributed by atoms with Gasteiger partial charge in [0.05, 0.1) is 0 Å². The van der Waals surface area contributed by atoms with Crippen LogP contribution in [0.4, 0.5) is 4.79 Å². The average molecular weight is 352 g/mol. The van der Waals surface area contributed by atoms with Crippen molar-refractivity contribution in [2.24, 2.45) is 0 Å². The SMILES string of the molecule is CC(C)(C)NC(=O)OCc1cccc(-c2onnc2-c2cccnc2)c1. The van der Waals surface area contributed by atoms with E-state index in [-0.39, 0.29) is 12.1 Å². The molecule has 1 N–H and O–H groups in total. The van der Waals surface area contributed by atoms with E-state index in [0.717, 1.165) is 16.7 Å². The van der Waals surface area contributed by atoms with Crippen molar-refractivity contribution in [2.45, 2.75) is 32.9 Å². The highest BCUT2D eigenvalue weighted by Crippen LogP contribution is 2.30. The van der Waals surface area contributed by atoms with Crippen LogP contribution in [-0.2, 0) is 11.3 Å². The Kier molecular flexibility index (Phi) is 4.97. The molecule has 3 rings (SSSR count). The third-order valence-electron chi connectivity index (χ3n) is 3.46. The van der Waals surface area contributed by atoms with Gasteiger partial charge in [0, 0.05) is 34.3 Å². The maximum Gasteiger partial charge on any atom is 0.407 e. The van der Waals surface area contributed by atoms with Gasteiger partial charge < -0.3 is 14.6 Å². The van der Waals surface area contributed by atoms with Crippen molar-refractivity contribution in [1.29, 1.82) is 0 Å². The van der Waals surface area contributed by atoms with Crippen LogP contribution in [0.25, 0.3) is 22.6 Å². The summed E-state index contributed by atoms with van der Waals surface area (Å²) in [7, 11) is 0. The van der Waals surface area contributed by atoms with Crippen LogP contribution < -0.4 is 5.32 Å². The van der Waals surface area contributed by atoms with Crippen LogP contribution >= 0.6 is 0 Å². The molecule has 0 aliphatic heterocycles. The normalized spacial score (nSPS) is 11.2. The number of nitrogens with zero attached hydrogens (tertiary/aromatic N) is 3. The van der Waals surface area contributed by atoms with Crippen LogP contribution in [0.15, 0.2) is 53.3 Å². The fourth-order valence-corrected chi connectivity index (χ4v) is 2.37. The molecule has 0 unspecified atom stereocenters. The summed E-state index contributed by atoms with van der Waals surface area (Å²) in [5.74, 6) is 0.541. The standard InChI is InChI=1S/C19H20N4O3/c1-19(2,3)21-18(24)25-12-13-6-4-7-14(10-13)17-16(22-23-26-17)15-8-5-9-20-11-15/h4-11H,12H2,1-3H3,(H,21,24). The van der Waals surface area contributed by atoms with E-state index in [4.69, 9.17) is 9.26 Å². The van der Waals surface area contributed by atoms with Gasteiger partial charge in [-0.15, -0.1) is 5.10 Å². The van der Waals surface area contributed by atoms with Crippen LogP contribution in [0.3, 0.4) is 0 Å². The second-order valence-corrected chi connectivity index (χ2v) is 6.84. The number of alkyl carbamates (subject to hydrolysis) is 1. The van der Waals surface area contributed by atoms with Gasteiger partial charge in [-0.1, -0.05) is 18.2 Å². The average Bonchev–Trinajstić information content (AvgIpc) is 3.09. The van der Waals surface area contributed by atoms with E-state index in [1.54, 1.807) is 12.4 Å². The summed E-state index contributed by atoms with van der Waals surface area (Å²) in [5, 5.41) is 10.5. The van der Waals surface area contributed by atoms with E-state index < -0.39 is 6.09 Å². The second-order valence-electron chi connectivity index (χ2n) is 6.84. The lowest BCUT2D eigenvalue weighted by Crippen LogP contribution is -2.40. The van der Waals surface area contributed by atoms with Crippen molar-refractivity contribution in [3.05, 3.63) is 54.4 Å². The van der Waals surface area contributed by atoms with E-state index >= 15 is 0 Å². The highest BCUT2D eigenvalue weighted by Gasteiger charge is 2.17. The monoisotopic (exact) mass is 352 g/mol. The number of carbonyl (C=O) groups excluding carboxylic acids is 1. The molecule has 0 aliphatic rings. The molecule has 26 heavy (non-hydrogen) atoms. The Hall–Kier alpha value is -3.22. The quantitative estimate of drug-likeness (QED) is 0.767. The number of pyridine rings is 1. The number of rotatable bonds is 4. The Labute approximate surface area is 151 Å². The molecule has 3 aromatic rings. The first-order valence-electron chi connectivity index (χ1n) is 8.19. The number of hydrogen-bond donors (Lipinski definition) is 1. The molecule has 0 fully saturated rings. The van der Waals surface area contributed by atoms with Crippen molar-refractivity contribution in [3.8, 4) is 22.6 Å². The van der Waals surface area contributed by atoms with Gasteiger partial charge in [0.25, 0.3) is 0 Å². The van der Waals surface area contributed by atoms with Gasteiger partial charge in [-0.05, 0) is 44.5 Å². The van der Waals surface area contributed by atoms with Crippen molar-refractivity contribution in [2.75, 3.05) is 0 Å². The zero-order valence-corrected chi connectivity index (χ0v) is 14.9. The minimum absolute atomic E-state index is 0.152. The van der Waals surface area contributed by atoms with E-state index in [0.29, 0.717) is 11.5 Å². The molecular formula is C19H20N4O3. The number of hydrogen-bond acceptors (Lipinski definition) is 6. The Morgan fingerprint density at radius 2 is 2.00 bits per heavy atom. The molecule has 0 saturated heterocycles. The van der Waals surface area contributed by atoms with Crippen LogP contribution in [0.5, 0.6) is 0 Å². The number of ether oxygens (including phenoxy) is 1. The molecule has 0 bridgehead atoms. The summed E-state index contributed by atoms with van der Waals surface area (Å²) >= 11 is 0. The van der Waals surface area contributed by atoms with Gasteiger partial charge in [0.15, 0.2) is 5.76 Å². The van der Waals surface area contributed by atoms with Crippen LogP contribution in [-0.4, -0.2) is 27.0 Å². The molecule has 0 atom stereocenters. The van der Waals surface area contributed by atoms with Gasteiger partial charge in [0.1, 0.15) is 12.3 Å². The summed E-state index contributed by atoms with van der Waals surface area (Å²) < 4.78 is 10.6. The predicted molar refractivity (Wildman–Crippen MR) is 96.0 cm³/mol. The number of carbonyl (C=O) groups is 1. The Balaban J connectivity index is 1.77. The highest BCUT2D eigenvalue weighted by atomic mass is 16.5. The number of amides is 1. The molecule has 1 aromatic carbocycles. The first-order valence-corrected chi connectivity index (χ1v) is 8.19. The van der Waals surface area contributed by atoms with E-state index in [9.17, 15) is 4.79 Å². The van der Waals surface area contributed by atoms with Crippen LogP contribution in [0, 0.1) is 0 Å². The first kappa shape index (κ1) is 17.6. The topological polar surface area (TPSA) is 90.1 Å². The lowest BCUT2D eigenvalue weighted by atomic mass is 10.1. The molecular weight excluding hydrogens is 332 g/mol. The minimum Gasteiger partial charge on any atom is -0.445 e. The third-order valence-corrected chi connectivity index (χ3v) is 3.46. The summed E-state index contributed by atoms with van der Waals surface area (Å²) in [6, 6.07) is 11.2. The van der Waals surface area contributed by atoms with Crippen molar-refractivity contribution in [3.63, 3.8) is 0 Å². The zero-order valence-electron chi connectivity index (χ0n) is 14.9. The van der Waals surface area contributed by atoms with Gasteiger partial charge in [0.2, 0.25) is 0 Å². The van der Waals surface area contributed by atoms with Crippen LogP contribution in [0.1, 0.15) is 26.3 Å². The van der Waals surface area contributed by atoms with E-state index in [1.165, 1.54) is 0 Å². The second kappa shape index (κ2) is 7.35. The molecule has 0 aliphatic carbocycles. The zero-order chi connectivity index (χ0) is 18.6. The molecule has 7 nitrogen and oxygen atoms in total. The summed E-state index contributed by atoms with van der Waals surface area (Å²) in [4.78, 5) is 15.9. The molecule has 134 valence electrons. The van der Waals surface area contributed by atoms with Gasteiger partial charge in [-0.25, -0.2) is 4.79 Å². The summed E-state index contributed by atoms with van der Waals surface area (Å²) in [6.45, 7) is 5.84. The summed E-state index contributed by atoms with van der Waals surface area (Å²) in [6.07, 6.45) is 2.93. The molecule has 7 heteroatoms. The van der Waals surface area contributed by atoms with Crippen molar-refractivity contribution in [1.82, 2.24) is 20.7 Å². The van der Waals surface area contributed by atoms with Gasteiger partial charge >= 0.3 is 6.09 Å². The smallest absolute Gasteiger partial charge is 0.407 e. The molecule has 0 saturated carbocycles. The highest BCUT2D eigenvalue weighted by molar-refractivity contribution is 5.76. The number of aromatic nitrogens is 3. The Morgan fingerprint density at radius 1 is 1.19 bits per heavy atom. The van der Waals surface area contributed by atoms with Gasteiger partial charge in [-0.2, -0.15) is 0 Å². The van der Waals surface area contributed by atoms with E-state index in [2.05, 4.69) is 20.7 Å². The third kappa shape index (κ3) is 4.44. The molecule has 0 radical (unpaired) electrons. The maximum atomic E-state index is 11.8. The minimum atomic E-state index is -0.458. The predicted octanol–water partition coefficient (Wildman–Crippen LogP) is 3.82. The lowest BCUT2D eigenvalue weighted by Gasteiger charge is -2.20. The van der Waals surface area contributed by atoms with Crippen LogP contribution in [0.2, 0.25) is 0 Å². The maximum absolute atomic E-state index is 11.8. The van der Waals surface area contributed by atoms with Crippen molar-refractivity contribution < 1.29 is 14.1 Å². The van der Waals surface area contributed by atoms with Crippen molar-refractivity contribution >= 4 is 6.09 Å².